The lowest BCUT2D eigenvalue weighted by atomic mass is 10.2. The summed E-state index contributed by atoms with van der Waals surface area (Å²) in [6.45, 7) is 1.51. The molecule has 0 aliphatic heterocycles. The predicted octanol–water partition coefficient (Wildman–Crippen LogP) is 4.39. The highest BCUT2D eigenvalue weighted by Crippen LogP contribution is 2.30. The molecule has 4 rings (SSSR count). The second kappa shape index (κ2) is 9.14. The first-order valence-electron chi connectivity index (χ1n) is 9.85. The number of carbonyl (C=O) groups is 1. The molecule has 0 bridgehead atoms. The van der Waals surface area contributed by atoms with Gasteiger partial charge in [0.15, 0.2) is 5.69 Å². The molecule has 0 saturated carbocycles. The number of rotatable bonds is 5. The van der Waals surface area contributed by atoms with Crippen molar-refractivity contribution in [2.75, 3.05) is 5.32 Å². The van der Waals surface area contributed by atoms with Crippen molar-refractivity contribution >= 4 is 11.6 Å². The van der Waals surface area contributed by atoms with Crippen LogP contribution in [0.15, 0.2) is 77.9 Å². The Kier molecular flexibility index (Phi) is 6.09. The molecule has 2 heterocycles. The van der Waals surface area contributed by atoms with Crippen molar-refractivity contribution in [3.05, 3.63) is 100 Å². The number of ether oxygens (including phenoxy) is 1. The average Bonchev–Trinajstić information content (AvgIpc) is 2.80. The Labute approximate surface area is 190 Å². The van der Waals surface area contributed by atoms with Crippen LogP contribution >= 0.6 is 0 Å². The summed E-state index contributed by atoms with van der Waals surface area (Å²) in [7, 11) is 0. The summed E-state index contributed by atoms with van der Waals surface area (Å²) in [5.41, 5.74) is -1.34. The molecule has 2 aromatic carbocycles. The van der Waals surface area contributed by atoms with E-state index in [0.717, 1.165) is 22.9 Å². The number of benzene rings is 2. The van der Waals surface area contributed by atoms with E-state index >= 15 is 0 Å². The van der Waals surface area contributed by atoms with E-state index in [4.69, 9.17) is 4.74 Å². The van der Waals surface area contributed by atoms with Gasteiger partial charge in [0.2, 0.25) is 5.43 Å². The second-order valence-corrected chi connectivity index (χ2v) is 7.07. The Hall–Kier alpha value is -4.54. The molecule has 1 amide bonds. The van der Waals surface area contributed by atoms with E-state index in [0.29, 0.717) is 11.4 Å². The molecule has 8 nitrogen and oxygen atoms in total. The number of aryl methyl sites for hydroxylation is 1. The fourth-order valence-corrected chi connectivity index (χ4v) is 3.02. The van der Waals surface area contributed by atoms with Gasteiger partial charge in [-0.3, -0.25) is 9.59 Å². The molecule has 0 unspecified atom stereocenters. The molecule has 0 radical (unpaired) electrons. The van der Waals surface area contributed by atoms with Crippen LogP contribution < -0.4 is 15.5 Å². The number of alkyl halides is 3. The van der Waals surface area contributed by atoms with E-state index in [9.17, 15) is 22.8 Å². The molecule has 0 saturated heterocycles. The van der Waals surface area contributed by atoms with E-state index in [2.05, 4.69) is 20.4 Å². The number of carbonyl (C=O) groups excluding carboxylic acids is 1. The number of hydrogen-bond acceptors (Lipinski definition) is 6. The Balaban J connectivity index is 1.56. The Morgan fingerprint density at radius 2 is 1.71 bits per heavy atom. The topological polar surface area (TPSA) is 99.0 Å². The third-order valence-electron chi connectivity index (χ3n) is 4.60. The zero-order valence-corrected chi connectivity index (χ0v) is 17.6. The number of amides is 1. The van der Waals surface area contributed by atoms with E-state index in [-0.39, 0.29) is 17.4 Å². The maximum atomic E-state index is 13.1. The number of halogens is 3. The molecule has 0 aliphatic rings. The minimum Gasteiger partial charge on any atom is -0.424 e. The third kappa shape index (κ3) is 5.09. The lowest BCUT2D eigenvalue weighted by molar-refractivity contribution is -0.137. The van der Waals surface area contributed by atoms with Crippen molar-refractivity contribution in [3.63, 3.8) is 0 Å². The summed E-state index contributed by atoms with van der Waals surface area (Å²) in [6, 6.07) is 13.6. The van der Waals surface area contributed by atoms with Crippen molar-refractivity contribution in [1.82, 2.24) is 19.7 Å². The monoisotopic (exact) mass is 467 g/mol. The molecular formula is C23H16F3N5O3. The first kappa shape index (κ1) is 22.6. The lowest BCUT2D eigenvalue weighted by Gasteiger charge is -2.13. The van der Waals surface area contributed by atoms with Gasteiger partial charge in [0.05, 0.1) is 11.3 Å². The fraction of sp³-hybridized carbons (Fsp3) is 0.0870. The van der Waals surface area contributed by atoms with Gasteiger partial charge in [-0.15, -0.1) is 0 Å². The maximum absolute atomic E-state index is 13.1. The van der Waals surface area contributed by atoms with Crippen LogP contribution in [0.3, 0.4) is 0 Å². The highest BCUT2D eigenvalue weighted by Gasteiger charge is 2.30. The van der Waals surface area contributed by atoms with Crippen LogP contribution in [0, 0.1) is 6.92 Å². The van der Waals surface area contributed by atoms with Gasteiger partial charge in [0, 0.05) is 29.8 Å². The lowest BCUT2D eigenvalue weighted by Crippen LogP contribution is -2.27. The van der Waals surface area contributed by atoms with E-state index in [1.807, 2.05) is 0 Å². The van der Waals surface area contributed by atoms with Crippen molar-refractivity contribution < 1.29 is 22.7 Å². The zero-order valence-electron chi connectivity index (χ0n) is 17.6. The number of aromatic nitrogens is 4. The SMILES string of the molecule is Cc1cc(=O)c(C(=O)Nc2ccc(Oc3ncccn3)cc2)nn1-c1cccc(C(F)(F)F)c1. The largest absolute Gasteiger partial charge is 0.424 e. The Morgan fingerprint density at radius 1 is 1.00 bits per heavy atom. The number of nitrogens with one attached hydrogen (secondary N) is 1. The van der Waals surface area contributed by atoms with Crippen LogP contribution in [0.25, 0.3) is 5.69 Å². The summed E-state index contributed by atoms with van der Waals surface area (Å²) in [4.78, 5) is 33.0. The summed E-state index contributed by atoms with van der Waals surface area (Å²) in [5, 5.41) is 6.56. The van der Waals surface area contributed by atoms with Gasteiger partial charge >= 0.3 is 12.2 Å². The zero-order chi connectivity index (χ0) is 24.3. The van der Waals surface area contributed by atoms with Crippen molar-refractivity contribution in [3.8, 4) is 17.4 Å². The Morgan fingerprint density at radius 3 is 2.38 bits per heavy atom. The molecule has 172 valence electrons. The van der Waals surface area contributed by atoms with E-state index < -0.39 is 28.8 Å². The molecule has 1 N–H and O–H groups in total. The minimum absolute atomic E-state index is 0.0611. The molecule has 2 aromatic heterocycles. The highest BCUT2D eigenvalue weighted by molar-refractivity contribution is 6.02. The molecular weight excluding hydrogens is 451 g/mol. The molecule has 11 heteroatoms. The minimum atomic E-state index is -4.55. The standard InChI is InChI=1S/C23H16F3N5O3/c1-14-12-19(32)20(30-31(14)17-5-2-4-15(13-17)23(24,25)26)21(33)29-16-6-8-18(9-7-16)34-22-27-10-3-11-28-22/h2-13H,1H3,(H,29,33). The van der Waals surface area contributed by atoms with Crippen LogP contribution in [-0.2, 0) is 6.18 Å². The number of nitrogens with zero attached hydrogens (tertiary/aromatic N) is 4. The van der Waals surface area contributed by atoms with Crippen LogP contribution in [0.4, 0.5) is 18.9 Å². The van der Waals surface area contributed by atoms with Crippen LogP contribution in [0.2, 0.25) is 0 Å². The predicted molar refractivity (Wildman–Crippen MR) is 116 cm³/mol. The van der Waals surface area contributed by atoms with Gasteiger partial charge in [-0.05, 0) is 55.5 Å². The van der Waals surface area contributed by atoms with Crippen molar-refractivity contribution in [2.24, 2.45) is 0 Å². The van der Waals surface area contributed by atoms with Crippen molar-refractivity contribution in [2.45, 2.75) is 13.1 Å². The molecule has 0 atom stereocenters. The molecule has 0 spiro atoms. The normalized spacial score (nSPS) is 11.2. The average molecular weight is 467 g/mol. The van der Waals surface area contributed by atoms with Gasteiger partial charge in [-0.2, -0.15) is 18.3 Å². The van der Waals surface area contributed by atoms with Gasteiger partial charge in [-0.1, -0.05) is 6.07 Å². The fourth-order valence-electron chi connectivity index (χ4n) is 3.02. The molecule has 0 aliphatic carbocycles. The van der Waals surface area contributed by atoms with Crippen molar-refractivity contribution in [1.29, 1.82) is 0 Å². The summed E-state index contributed by atoms with van der Waals surface area (Å²) < 4.78 is 45.9. The molecule has 34 heavy (non-hydrogen) atoms. The van der Waals surface area contributed by atoms with Gasteiger partial charge < -0.3 is 10.1 Å². The Bertz CT molecular complexity index is 1390. The first-order chi connectivity index (χ1) is 16.2. The second-order valence-electron chi connectivity index (χ2n) is 7.07. The molecule has 0 fully saturated rings. The van der Waals surface area contributed by atoms with Gasteiger partial charge in [0.1, 0.15) is 5.75 Å². The van der Waals surface area contributed by atoms with E-state index in [1.54, 1.807) is 18.2 Å². The third-order valence-corrected chi connectivity index (χ3v) is 4.60. The van der Waals surface area contributed by atoms with Crippen LogP contribution in [-0.4, -0.2) is 25.7 Å². The summed E-state index contributed by atoms with van der Waals surface area (Å²) in [5.74, 6) is -0.393. The van der Waals surface area contributed by atoms with Crippen LogP contribution in [0.5, 0.6) is 11.8 Å². The summed E-state index contributed by atoms with van der Waals surface area (Å²) in [6.07, 6.45) is -1.50. The maximum Gasteiger partial charge on any atom is 0.416 e. The van der Waals surface area contributed by atoms with Gasteiger partial charge in [-0.25, -0.2) is 14.6 Å². The smallest absolute Gasteiger partial charge is 0.416 e. The highest BCUT2D eigenvalue weighted by atomic mass is 19.4. The van der Waals surface area contributed by atoms with Gasteiger partial charge in [0.25, 0.3) is 5.91 Å². The number of anilines is 1. The van der Waals surface area contributed by atoms with E-state index in [1.165, 1.54) is 43.6 Å². The summed E-state index contributed by atoms with van der Waals surface area (Å²) >= 11 is 0. The van der Waals surface area contributed by atoms with Crippen LogP contribution in [0.1, 0.15) is 21.7 Å². The molecule has 4 aromatic rings. The quantitative estimate of drug-likeness (QED) is 0.467. The first-order valence-corrected chi connectivity index (χ1v) is 9.85. The number of hydrogen-bond donors (Lipinski definition) is 1.